The van der Waals surface area contributed by atoms with Gasteiger partial charge in [-0.3, -0.25) is 10.2 Å². The Morgan fingerprint density at radius 2 is 2.38 bits per heavy atom. The minimum Gasteiger partial charge on any atom is -0.297 e. The molecule has 8 heavy (non-hydrogen) atoms. The second kappa shape index (κ2) is 7.23. The molecule has 0 rings (SSSR count). The summed E-state index contributed by atoms with van der Waals surface area (Å²) in [6.45, 7) is 0.875. The van der Waals surface area contributed by atoms with Gasteiger partial charge >= 0.3 is 0 Å². The van der Waals surface area contributed by atoms with Crippen LogP contribution in [-0.2, 0) is 0 Å². The molecule has 0 spiro atoms. The first-order chi connectivity index (χ1) is 3.91. The summed E-state index contributed by atoms with van der Waals surface area (Å²) in [4.78, 5) is 0. The fourth-order valence-electron chi connectivity index (χ4n) is 0.279. The van der Waals surface area contributed by atoms with Crippen molar-refractivity contribution in [2.75, 3.05) is 12.7 Å². The van der Waals surface area contributed by atoms with Crippen molar-refractivity contribution < 1.29 is 0 Å². The lowest BCUT2D eigenvalue weighted by Crippen LogP contribution is -1.94. The Balaban J connectivity index is 2.94. The monoisotopic (exact) mass is 148 g/mol. The highest BCUT2D eigenvalue weighted by Gasteiger charge is 1.68. The van der Waals surface area contributed by atoms with Gasteiger partial charge in [0, 0.05) is 21.1 Å². The maximum atomic E-state index is 6.73. The van der Waals surface area contributed by atoms with Gasteiger partial charge in [-0.05, 0) is 0 Å². The van der Waals surface area contributed by atoms with Gasteiger partial charge in [0.25, 0.3) is 0 Å². The maximum Gasteiger partial charge on any atom is 0.0247 e. The molecular weight excluding hydrogens is 138 g/mol. The summed E-state index contributed by atoms with van der Waals surface area (Å²) in [5.41, 5.74) is 0. The molecule has 0 aliphatic rings. The van der Waals surface area contributed by atoms with E-state index in [9.17, 15) is 0 Å². The van der Waals surface area contributed by atoms with Gasteiger partial charge in [0.1, 0.15) is 0 Å². The van der Waals surface area contributed by atoms with Crippen LogP contribution in [0, 0.1) is 5.16 Å². The second-order valence-electron chi connectivity index (χ2n) is 1.22. The quantitative estimate of drug-likeness (QED) is 0.461. The van der Waals surface area contributed by atoms with E-state index in [0.717, 1.165) is 12.7 Å². The Morgan fingerprint density at radius 1 is 1.62 bits per heavy atom. The van der Waals surface area contributed by atoms with Gasteiger partial charge in [-0.1, -0.05) is 21.5 Å². The molecule has 0 aliphatic heterocycles. The van der Waals surface area contributed by atoms with Gasteiger partial charge < -0.3 is 0 Å². The molecule has 2 nitrogen and oxygen atoms in total. The lowest BCUT2D eigenvalue weighted by molar-refractivity contribution is 1.13. The largest absolute Gasteiger partial charge is 0.297 e. The fourth-order valence-corrected chi connectivity index (χ4v) is 0.669. The predicted molar refractivity (Wildman–Crippen MR) is 41.4 cm³/mol. The zero-order chi connectivity index (χ0) is 6.24. The zero-order valence-corrected chi connectivity index (χ0v) is 6.64. The molecule has 0 bridgehead atoms. The lowest BCUT2D eigenvalue weighted by atomic mass is 10.5. The highest BCUT2D eigenvalue weighted by atomic mass is 31.1. The summed E-state index contributed by atoms with van der Waals surface area (Å²) in [6.07, 6.45) is 4.84. The molecule has 0 saturated carbocycles. The van der Waals surface area contributed by atoms with Crippen molar-refractivity contribution in [2.24, 2.45) is 0 Å². The average Bonchev–Trinajstić information content (AvgIpc) is 1.81. The summed E-state index contributed by atoms with van der Waals surface area (Å²) < 4.78 is 0. The Kier molecular flexibility index (Phi) is 7.44. The van der Waals surface area contributed by atoms with E-state index in [1.54, 1.807) is 0 Å². The van der Waals surface area contributed by atoms with Crippen LogP contribution >= 0.6 is 17.8 Å². The molecule has 1 unspecified atom stereocenters. The molecule has 2 N–H and O–H groups in total. The van der Waals surface area contributed by atoms with Crippen molar-refractivity contribution >= 4 is 17.8 Å². The van der Waals surface area contributed by atoms with Crippen molar-refractivity contribution in [3.05, 3.63) is 12.2 Å². The molecule has 0 saturated heterocycles. The summed E-state index contributed by atoms with van der Waals surface area (Å²) in [5.74, 6) is 0. The third-order valence-corrected chi connectivity index (χ3v) is 1.23. The van der Waals surface area contributed by atoms with Gasteiger partial charge in [-0.25, -0.2) is 0 Å². The van der Waals surface area contributed by atoms with Crippen LogP contribution in [0.1, 0.15) is 0 Å². The van der Waals surface area contributed by atoms with E-state index >= 15 is 0 Å². The smallest absolute Gasteiger partial charge is 0.0247 e. The van der Waals surface area contributed by atoms with E-state index in [4.69, 9.17) is 5.16 Å². The van der Waals surface area contributed by atoms with Gasteiger partial charge in [-0.2, -0.15) is 0 Å². The van der Waals surface area contributed by atoms with Crippen LogP contribution in [0.25, 0.3) is 0 Å². The molecular formula is C4H10N2P2. The molecule has 0 fully saturated rings. The van der Waals surface area contributed by atoms with E-state index in [-0.39, 0.29) is 0 Å². The molecule has 0 aromatic carbocycles. The van der Waals surface area contributed by atoms with Crippen LogP contribution in [0.2, 0.25) is 0 Å². The Hall–Kier alpha value is 0.230. The fraction of sp³-hybridized carbons (Fsp3) is 0.500. The lowest BCUT2D eigenvalue weighted by Gasteiger charge is -1.83. The number of hydrogen-bond donors (Lipinski definition) is 2. The first-order valence-electron chi connectivity index (χ1n) is 2.33. The van der Waals surface area contributed by atoms with Crippen molar-refractivity contribution in [3.63, 3.8) is 0 Å². The topological polar surface area (TPSA) is 35.9 Å². The Morgan fingerprint density at radius 3 is 2.88 bits per heavy atom. The van der Waals surface area contributed by atoms with Gasteiger partial charge in [-0.15, -0.1) is 0 Å². The highest BCUT2D eigenvalue weighted by Crippen LogP contribution is 1.90. The summed E-state index contributed by atoms with van der Waals surface area (Å²) >= 11 is 0. The molecule has 0 radical (unpaired) electrons. The first kappa shape index (κ1) is 8.23. The van der Waals surface area contributed by atoms with E-state index in [1.807, 2.05) is 12.2 Å². The molecule has 0 amide bonds. The molecule has 0 aromatic heterocycles. The molecule has 0 aliphatic carbocycles. The van der Waals surface area contributed by atoms with Crippen LogP contribution in [-0.4, -0.2) is 12.7 Å². The third-order valence-electron chi connectivity index (χ3n) is 0.599. The molecule has 0 heterocycles. The summed E-state index contributed by atoms with van der Waals surface area (Å²) in [6, 6.07) is 0. The van der Waals surface area contributed by atoms with Gasteiger partial charge in [0.05, 0.1) is 0 Å². The number of nitrogens with one attached hydrogen (secondary N) is 2. The molecule has 4 heteroatoms. The van der Waals surface area contributed by atoms with Crippen LogP contribution in [0.4, 0.5) is 0 Å². The SMILES string of the molecule is N=PCC=CCNP. The maximum absolute atomic E-state index is 6.73. The Labute approximate surface area is 53.7 Å². The van der Waals surface area contributed by atoms with Gasteiger partial charge in [0.15, 0.2) is 0 Å². The summed E-state index contributed by atoms with van der Waals surface area (Å²) in [5, 5.41) is 9.63. The standard InChI is InChI=1S/C4H10N2P2/c5-8-4-2-1-3-6-7/h1-2,5-6H,3-4,7H2. The molecule has 0 aromatic rings. The van der Waals surface area contributed by atoms with Crippen LogP contribution in [0.5, 0.6) is 0 Å². The number of rotatable bonds is 4. The van der Waals surface area contributed by atoms with E-state index < -0.39 is 0 Å². The first-order valence-corrected chi connectivity index (χ1v) is 3.99. The van der Waals surface area contributed by atoms with Crippen LogP contribution < -0.4 is 5.09 Å². The highest BCUT2D eigenvalue weighted by molar-refractivity contribution is 7.25. The second-order valence-corrected chi connectivity index (χ2v) is 2.31. The average molecular weight is 148 g/mol. The van der Waals surface area contributed by atoms with Crippen LogP contribution in [0.3, 0.4) is 0 Å². The zero-order valence-electron chi connectivity index (χ0n) is 4.59. The van der Waals surface area contributed by atoms with E-state index in [1.165, 1.54) is 0 Å². The number of hydrogen-bond acceptors (Lipinski definition) is 2. The third kappa shape index (κ3) is 6.23. The summed E-state index contributed by atoms with van der Waals surface area (Å²) in [7, 11) is 3.10. The van der Waals surface area contributed by atoms with E-state index in [2.05, 4.69) is 14.5 Å². The van der Waals surface area contributed by atoms with Crippen LogP contribution in [0.15, 0.2) is 12.2 Å². The molecule has 46 valence electrons. The van der Waals surface area contributed by atoms with Crippen molar-refractivity contribution in [1.82, 2.24) is 5.09 Å². The predicted octanol–water partition coefficient (Wildman–Crippen LogP) is 1.63. The van der Waals surface area contributed by atoms with Crippen molar-refractivity contribution in [2.45, 2.75) is 0 Å². The van der Waals surface area contributed by atoms with Gasteiger partial charge in [0.2, 0.25) is 0 Å². The minimum atomic E-state index is 0.689. The van der Waals surface area contributed by atoms with E-state index in [0.29, 0.717) is 8.37 Å². The normalized spacial score (nSPS) is 11.1. The van der Waals surface area contributed by atoms with Crippen molar-refractivity contribution in [3.8, 4) is 0 Å². The number of allylic oxidation sites excluding steroid dienone is 1. The molecule has 1 atom stereocenters. The van der Waals surface area contributed by atoms with Crippen molar-refractivity contribution in [1.29, 1.82) is 5.16 Å². The minimum absolute atomic E-state index is 0.689. The Bertz CT molecular complexity index is 82.1.